The lowest BCUT2D eigenvalue weighted by atomic mass is 10.3. The van der Waals surface area contributed by atoms with Gasteiger partial charge in [-0.05, 0) is 6.07 Å². The summed E-state index contributed by atoms with van der Waals surface area (Å²) in [6.07, 6.45) is 0. The Bertz CT molecular complexity index is 632. The van der Waals surface area contributed by atoms with Crippen molar-refractivity contribution in [3.8, 4) is 0 Å². The molecule has 1 aromatic carbocycles. The van der Waals surface area contributed by atoms with Gasteiger partial charge in [0.1, 0.15) is 4.90 Å². The Kier molecular flexibility index (Phi) is 5.78. The van der Waals surface area contributed by atoms with Crippen LogP contribution >= 0.6 is 35.1 Å². The fraction of sp³-hybridized carbons (Fsp3) is 0.455. The Hall–Kier alpha value is -0.480. The first-order chi connectivity index (χ1) is 9.90. The predicted octanol–water partition coefficient (Wildman–Crippen LogP) is 2.38. The van der Waals surface area contributed by atoms with E-state index in [0.29, 0.717) is 6.54 Å². The predicted molar refractivity (Wildman–Crippen MR) is 86.9 cm³/mol. The summed E-state index contributed by atoms with van der Waals surface area (Å²) in [7, 11) is -3.86. The molecule has 0 aliphatic carbocycles. The van der Waals surface area contributed by atoms with Crippen molar-refractivity contribution in [1.82, 2.24) is 4.72 Å². The van der Waals surface area contributed by atoms with Crippen molar-refractivity contribution in [2.75, 3.05) is 23.8 Å². The van der Waals surface area contributed by atoms with Gasteiger partial charge in [0.05, 0.1) is 9.95 Å². The van der Waals surface area contributed by atoms with Gasteiger partial charge < -0.3 is 0 Å². The van der Waals surface area contributed by atoms with Gasteiger partial charge in [-0.3, -0.25) is 10.1 Å². The van der Waals surface area contributed by atoms with E-state index in [0.717, 1.165) is 23.3 Å². The minimum atomic E-state index is -3.86. The third-order valence-corrected chi connectivity index (χ3v) is 7.55. The van der Waals surface area contributed by atoms with Crippen LogP contribution in [0.15, 0.2) is 23.1 Å². The van der Waals surface area contributed by atoms with Gasteiger partial charge >= 0.3 is 0 Å². The molecule has 1 N–H and O–H groups in total. The van der Waals surface area contributed by atoms with Crippen molar-refractivity contribution in [1.29, 1.82) is 0 Å². The van der Waals surface area contributed by atoms with E-state index >= 15 is 0 Å². The molecule has 0 bridgehead atoms. The van der Waals surface area contributed by atoms with Crippen molar-refractivity contribution >= 4 is 50.8 Å². The molecule has 1 aliphatic rings. The van der Waals surface area contributed by atoms with E-state index in [1.54, 1.807) is 23.5 Å². The number of hydrogen-bond acceptors (Lipinski definition) is 6. The number of halogens is 1. The van der Waals surface area contributed by atoms with Crippen molar-refractivity contribution < 1.29 is 13.3 Å². The summed E-state index contributed by atoms with van der Waals surface area (Å²) in [5, 5.41) is 10.9. The fourth-order valence-corrected chi connectivity index (χ4v) is 6.06. The van der Waals surface area contributed by atoms with Crippen molar-refractivity contribution in [2.45, 2.75) is 10.1 Å². The average Bonchev–Trinajstić information content (AvgIpc) is 2.46. The van der Waals surface area contributed by atoms with Crippen LogP contribution in [0.3, 0.4) is 0 Å². The molecule has 1 heterocycles. The van der Waals surface area contributed by atoms with Gasteiger partial charge in [0.25, 0.3) is 5.69 Å². The van der Waals surface area contributed by atoms with Crippen LogP contribution < -0.4 is 4.72 Å². The quantitative estimate of drug-likeness (QED) is 0.634. The Balaban J connectivity index is 2.14. The third-order valence-electron chi connectivity index (χ3n) is 2.80. The number of thioether (sulfide) groups is 2. The number of nitrogens with one attached hydrogen (secondary N) is 1. The van der Waals surface area contributed by atoms with E-state index < -0.39 is 14.9 Å². The summed E-state index contributed by atoms with van der Waals surface area (Å²) < 4.78 is 27.0. The molecule has 1 unspecified atom stereocenters. The third kappa shape index (κ3) is 4.49. The summed E-state index contributed by atoms with van der Waals surface area (Å²) in [4.78, 5) is 9.83. The molecule has 116 valence electrons. The number of hydrogen-bond donors (Lipinski definition) is 1. The van der Waals surface area contributed by atoms with Crippen LogP contribution in [0, 0.1) is 10.1 Å². The second-order valence-corrected chi connectivity index (χ2v) is 8.99. The van der Waals surface area contributed by atoms with Gasteiger partial charge in [-0.2, -0.15) is 23.5 Å². The molecular weight excluding hydrogens is 356 g/mol. The number of nitrogens with zero attached hydrogens (tertiary/aromatic N) is 1. The molecule has 0 amide bonds. The summed E-state index contributed by atoms with van der Waals surface area (Å²) in [6, 6.07) is 3.38. The number of benzene rings is 1. The maximum atomic E-state index is 12.2. The second-order valence-electron chi connectivity index (χ2n) is 4.29. The molecule has 0 radical (unpaired) electrons. The highest BCUT2D eigenvalue weighted by molar-refractivity contribution is 8.06. The monoisotopic (exact) mass is 368 g/mol. The first-order valence-electron chi connectivity index (χ1n) is 6.03. The molecule has 6 nitrogen and oxygen atoms in total. The molecular formula is C11H13ClN2O4S3. The molecule has 10 heteroatoms. The molecule has 1 fully saturated rings. The van der Waals surface area contributed by atoms with Crippen LogP contribution in [0.4, 0.5) is 5.69 Å². The molecule has 21 heavy (non-hydrogen) atoms. The van der Waals surface area contributed by atoms with E-state index in [4.69, 9.17) is 11.6 Å². The topological polar surface area (TPSA) is 89.3 Å². The lowest BCUT2D eigenvalue weighted by Crippen LogP contribution is -2.33. The number of sulfonamides is 1. The van der Waals surface area contributed by atoms with Crippen LogP contribution in [0.5, 0.6) is 0 Å². The number of rotatable bonds is 5. The molecule has 0 spiro atoms. The van der Waals surface area contributed by atoms with Crippen LogP contribution in [0.1, 0.15) is 0 Å². The van der Waals surface area contributed by atoms with Crippen LogP contribution in [0.2, 0.25) is 5.02 Å². The summed E-state index contributed by atoms with van der Waals surface area (Å²) in [5.74, 6) is 2.95. The van der Waals surface area contributed by atoms with E-state index in [-0.39, 0.29) is 20.9 Å². The van der Waals surface area contributed by atoms with E-state index in [9.17, 15) is 18.5 Å². The minimum absolute atomic E-state index is 0.0289. The van der Waals surface area contributed by atoms with E-state index in [1.807, 2.05) is 0 Å². The molecule has 1 atom stereocenters. The van der Waals surface area contributed by atoms with Crippen LogP contribution in [-0.2, 0) is 10.0 Å². The molecule has 0 saturated carbocycles. The largest absolute Gasteiger partial charge is 0.270 e. The van der Waals surface area contributed by atoms with Gasteiger partial charge in [0.15, 0.2) is 0 Å². The highest BCUT2D eigenvalue weighted by atomic mass is 35.5. The van der Waals surface area contributed by atoms with Gasteiger partial charge in [-0.15, -0.1) is 0 Å². The lowest BCUT2D eigenvalue weighted by Gasteiger charge is -2.21. The standard InChI is InChI=1S/C11H13ClN2O4S3/c12-10-2-1-8(14(15)16)5-11(10)21(17,18)13-6-9-7-19-3-4-20-9/h1-2,5,9,13H,3-4,6-7H2. The van der Waals surface area contributed by atoms with E-state index in [2.05, 4.69) is 4.72 Å². The fourth-order valence-electron chi connectivity index (χ4n) is 1.75. The first kappa shape index (κ1) is 16.9. The van der Waals surface area contributed by atoms with Gasteiger partial charge in [0.2, 0.25) is 10.0 Å². The highest BCUT2D eigenvalue weighted by Crippen LogP contribution is 2.27. The second kappa shape index (κ2) is 7.19. The Morgan fingerprint density at radius 3 is 2.81 bits per heavy atom. The molecule has 1 aromatic rings. The molecule has 1 aliphatic heterocycles. The van der Waals surface area contributed by atoms with Crippen molar-refractivity contribution in [2.24, 2.45) is 0 Å². The number of non-ortho nitro benzene ring substituents is 1. The van der Waals surface area contributed by atoms with Gasteiger partial charge in [-0.1, -0.05) is 11.6 Å². The summed E-state index contributed by atoms with van der Waals surface area (Å²) in [5.41, 5.74) is -0.303. The maximum Gasteiger partial charge on any atom is 0.270 e. The Morgan fingerprint density at radius 1 is 1.43 bits per heavy atom. The SMILES string of the molecule is O=[N+]([O-])c1ccc(Cl)c(S(=O)(=O)NCC2CSCCS2)c1. The smallest absolute Gasteiger partial charge is 0.258 e. The zero-order valence-electron chi connectivity index (χ0n) is 10.8. The number of nitro groups is 1. The van der Waals surface area contributed by atoms with Crippen molar-refractivity contribution in [3.63, 3.8) is 0 Å². The zero-order valence-corrected chi connectivity index (χ0v) is 14.0. The normalized spacial score (nSPS) is 19.4. The van der Waals surface area contributed by atoms with E-state index in [1.165, 1.54) is 12.1 Å². The first-order valence-corrected chi connectivity index (χ1v) is 10.1. The maximum absolute atomic E-state index is 12.2. The average molecular weight is 369 g/mol. The summed E-state index contributed by atoms with van der Waals surface area (Å²) >= 11 is 9.37. The van der Waals surface area contributed by atoms with Crippen LogP contribution in [0.25, 0.3) is 0 Å². The zero-order chi connectivity index (χ0) is 15.5. The van der Waals surface area contributed by atoms with Crippen LogP contribution in [-0.4, -0.2) is 42.4 Å². The van der Waals surface area contributed by atoms with Gasteiger partial charge in [-0.25, -0.2) is 13.1 Å². The molecule has 2 rings (SSSR count). The Morgan fingerprint density at radius 2 is 2.19 bits per heavy atom. The number of nitro benzene ring substituents is 1. The van der Waals surface area contributed by atoms with Gasteiger partial charge in [0, 0.05) is 41.2 Å². The molecule has 0 aromatic heterocycles. The van der Waals surface area contributed by atoms with Crippen molar-refractivity contribution in [3.05, 3.63) is 33.3 Å². The Labute approximate surface area is 136 Å². The minimum Gasteiger partial charge on any atom is -0.258 e. The summed E-state index contributed by atoms with van der Waals surface area (Å²) in [6.45, 7) is 0.291. The highest BCUT2D eigenvalue weighted by Gasteiger charge is 2.23. The molecule has 1 saturated heterocycles. The lowest BCUT2D eigenvalue weighted by molar-refractivity contribution is -0.385.